The molecule has 0 saturated heterocycles. The van der Waals surface area contributed by atoms with Gasteiger partial charge in [-0.3, -0.25) is 9.78 Å². The van der Waals surface area contributed by atoms with Crippen LogP contribution in [0.2, 0.25) is 18.1 Å². The first-order valence-electron chi connectivity index (χ1n) is 13.5. The number of benzene rings is 2. The second-order valence-electron chi connectivity index (χ2n) is 11.5. The third-order valence-electron chi connectivity index (χ3n) is 7.52. The first-order chi connectivity index (χ1) is 19.6. The Balaban J connectivity index is 1.93. The van der Waals surface area contributed by atoms with Gasteiger partial charge in [-0.05, 0) is 70.7 Å². The number of aromatic nitrogens is 1. The van der Waals surface area contributed by atoms with Crippen molar-refractivity contribution in [2.75, 3.05) is 13.7 Å². The topological polar surface area (TPSA) is 68.7 Å². The lowest BCUT2D eigenvalue weighted by molar-refractivity contribution is -0.153. The fourth-order valence-corrected chi connectivity index (χ4v) is 4.86. The average Bonchev–Trinajstić information content (AvgIpc) is 2.95. The van der Waals surface area contributed by atoms with Crippen LogP contribution < -0.4 is 0 Å². The highest BCUT2D eigenvalue weighted by molar-refractivity contribution is 6.74. The number of carbonyl (C=O) groups excluding carboxylic acids is 2. The molecule has 0 unspecified atom stereocenters. The molecule has 0 radical (unpaired) electrons. The van der Waals surface area contributed by atoms with E-state index >= 15 is 0 Å². The number of alkyl halides is 3. The van der Waals surface area contributed by atoms with E-state index in [1.54, 1.807) is 12.4 Å². The van der Waals surface area contributed by atoms with Gasteiger partial charge in [0.2, 0.25) is 5.91 Å². The van der Waals surface area contributed by atoms with Crippen molar-refractivity contribution in [3.63, 3.8) is 0 Å². The van der Waals surface area contributed by atoms with Crippen LogP contribution in [0.15, 0.2) is 79.1 Å². The van der Waals surface area contributed by atoms with Gasteiger partial charge in [-0.2, -0.15) is 13.2 Å². The smallest absolute Gasteiger partial charge is 0.416 e. The van der Waals surface area contributed by atoms with Gasteiger partial charge in [0.15, 0.2) is 14.4 Å². The maximum absolute atomic E-state index is 13.6. The summed E-state index contributed by atoms with van der Waals surface area (Å²) in [5.74, 6) is -1.14. The van der Waals surface area contributed by atoms with Crippen LogP contribution >= 0.6 is 0 Å². The zero-order valence-corrected chi connectivity index (χ0v) is 25.7. The van der Waals surface area contributed by atoms with Crippen LogP contribution in [0.3, 0.4) is 0 Å². The second kappa shape index (κ2) is 13.5. The lowest BCUT2D eigenvalue weighted by atomic mass is 10.0. The number of hydrogen-bond acceptors (Lipinski definition) is 5. The zero-order chi connectivity index (χ0) is 31.1. The van der Waals surface area contributed by atoms with Crippen molar-refractivity contribution in [3.05, 3.63) is 95.8 Å². The Bertz CT molecular complexity index is 1370. The number of pyridine rings is 1. The summed E-state index contributed by atoms with van der Waals surface area (Å²) in [6.45, 7) is 10.3. The van der Waals surface area contributed by atoms with Crippen molar-refractivity contribution < 1.29 is 31.9 Å². The van der Waals surface area contributed by atoms with Crippen molar-refractivity contribution in [1.29, 1.82) is 0 Å². The van der Waals surface area contributed by atoms with E-state index in [2.05, 4.69) is 38.8 Å². The van der Waals surface area contributed by atoms with E-state index in [0.29, 0.717) is 5.56 Å². The molecule has 0 saturated carbocycles. The number of carbonyl (C=O) groups is 2. The lowest BCUT2D eigenvalue weighted by Gasteiger charge is -2.38. The number of halogens is 3. The highest BCUT2D eigenvalue weighted by Crippen LogP contribution is 2.37. The molecule has 10 heteroatoms. The highest BCUT2D eigenvalue weighted by atomic mass is 28.4. The number of methoxy groups -OCH3 is 1. The summed E-state index contributed by atoms with van der Waals surface area (Å²) in [4.78, 5) is 32.1. The zero-order valence-electron chi connectivity index (χ0n) is 24.7. The van der Waals surface area contributed by atoms with Gasteiger partial charge in [-0.1, -0.05) is 57.2 Å². The van der Waals surface area contributed by atoms with Gasteiger partial charge in [0.05, 0.1) is 19.3 Å². The van der Waals surface area contributed by atoms with Gasteiger partial charge in [0.1, 0.15) is 0 Å². The molecule has 1 atom stereocenters. The van der Waals surface area contributed by atoms with E-state index in [9.17, 15) is 22.8 Å². The monoisotopic (exact) mass is 598 g/mol. The predicted molar refractivity (Wildman–Crippen MR) is 160 cm³/mol. The Morgan fingerprint density at radius 3 is 2.02 bits per heavy atom. The number of hydrogen-bond donors (Lipinski definition) is 0. The van der Waals surface area contributed by atoms with Crippen LogP contribution in [0.25, 0.3) is 17.2 Å². The molecule has 0 N–H and O–H groups in total. The third kappa shape index (κ3) is 8.62. The molecule has 0 aliphatic rings. The number of amides is 1. The summed E-state index contributed by atoms with van der Waals surface area (Å²) in [5, 5.41) is -0.131. The van der Waals surface area contributed by atoms with Crippen molar-refractivity contribution in [2.24, 2.45) is 0 Å². The summed E-state index contributed by atoms with van der Waals surface area (Å²) >= 11 is 0. The van der Waals surface area contributed by atoms with Crippen molar-refractivity contribution in [1.82, 2.24) is 9.88 Å². The maximum atomic E-state index is 13.6. The average molecular weight is 599 g/mol. The molecule has 1 aromatic heterocycles. The van der Waals surface area contributed by atoms with E-state index in [1.807, 2.05) is 36.4 Å². The van der Waals surface area contributed by atoms with Crippen LogP contribution in [0, 0.1) is 0 Å². The molecule has 224 valence electrons. The number of nitrogens with zero attached hydrogens (tertiary/aromatic N) is 2. The second-order valence-corrected chi connectivity index (χ2v) is 16.3. The molecular weight excluding hydrogens is 561 g/mol. The minimum atomic E-state index is -4.46. The minimum absolute atomic E-state index is 0.0574. The first kappa shape index (κ1) is 32.7. The fraction of sp³-hybridized carbons (Fsp3) is 0.344. The molecule has 3 aromatic rings. The Morgan fingerprint density at radius 1 is 0.929 bits per heavy atom. The minimum Gasteiger partial charge on any atom is -0.467 e. The molecule has 42 heavy (non-hydrogen) atoms. The Labute approximate surface area is 246 Å². The molecule has 3 rings (SSSR count). The Hall–Kier alpha value is -3.76. The normalized spacial score (nSPS) is 13.2. The van der Waals surface area contributed by atoms with E-state index < -0.39 is 38.0 Å². The lowest BCUT2D eigenvalue weighted by Crippen LogP contribution is -2.51. The SMILES string of the molecule is COC(=O)[C@H](CO[Si](C)(C)C(C)(C)C)N(Cc1ccc(-c2ccncc2)cc1)C(=O)C=Cc1ccc(C(F)(F)F)cc1. The molecule has 0 bridgehead atoms. The number of rotatable bonds is 10. The number of esters is 1. The Morgan fingerprint density at radius 2 is 1.50 bits per heavy atom. The molecule has 6 nitrogen and oxygen atoms in total. The molecule has 1 heterocycles. The Kier molecular flexibility index (Phi) is 10.5. The summed E-state index contributed by atoms with van der Waals surface area (Å²) in [6, 6.07) is 14.8. The van der Waals surface area contributed by atoms with Crippen molar-refractivity contribution in [2.45, 2.75) is 57.7 Å². The van der Waals surface area contributed by atoms with E-state index in [-0.39, 0.29) is 18.2 Å². The summed E-state index contributed by atoms with van der Waals surface area (Å²) in [5.41, 5.74) is 2.35. The molecule has 1 amide bonds. The highest BCUT2D eigenvalue weighted by Gasteiger charge is 2.40. The first-order valence-corrected chi connectivity index (χ1v) is 16.4. The van der Waals surface area contributed by atoms with Gasteiger partial charge < -0.3 is 14.1 Å². The summed E-state index contributed by atoms with van der Waals surface area (Å²) in [7, 11) is -1.04. The van der Waals surface area contributed by atoms with E-state index in [0.717, 1.165) is 28.8 Å². The summed E-state index contributed by atoms with van der Waals surface area (Å²) < 4.78 is 50.3. The van der Waals surface area contributed by atoms with Gasteiger partial charge in [0.25, 0.3) is 0 Å². The maximum Gasteiger partial charge on any atom is 0.416 e. The summed E-state index contributed by atoms with van der Waals surface area (Å²) in [6.07, 6.45) is 1.62. The fourth-order valence-electron chi connectivity index (χ4n) is 3.86. The van der Waals surface area contributed by atoms with E-state index in [1.165, 1.54) is 36.3 Å². The van der Waals surface area contributed by atoms with Crippen LogP contribution in [0.4, 0.5) is 13.2 Å². The molecule has 0 aliphatic heterocycles. The molecule has 0 fully saturated rings. The van der Waals surface area contributed by atoms with Gasteiger partial charge in [-0.25, -0.2) is 4.79 Å². The van der Waals surface area contributed by atoms with Crippen molar-refractivity contribution >= 4 is 26.3 Å². The van der Waals surface area contributed by atoms with Gasteiger partial charge in [-0.15, -0.1) is 0 Å². The molecule has 0 spiro atoms. The largest absolute Gasteiger partial charge is 0.467 e. The van der Waals surface area contributed by atoms with Crippen LogP contribution in [0.5, 0.6) is 0 Å². The molecule has 0 aliphatic carbocycles. The van der Waals surface area contributed by atoms with Crippen molar-refractivity contribution in [3.8, 4) is 11.1 Å². The standard InChI is InChI=1S/C32H37F3N2O4Si/c1-31(2,3)42(5,6)41-22-28(30(39)40-4)37(21-24-7-12-25(13-8-24)26-17-19-36-20-18-26)29(38)16-11-23-9-14-27(15-10-23)32(33,34)35/h7-20,28H,21-22H2,1-6H3/t28-/m0/s1. The third-order valence-corrected chi connectivity index (χ3v) is 12.0. The molecular formula is C32H37F3N2O4Si. The van der Waals surface area contributed by atoms with Gasteiger partial charge >= 0.3 is 12.1 Å². The number of ether oxygens (including phenoxy) is 1. The molecule has 2 aromatic carbocycles. The van der Waals surface area contributed by atoms with E-state index in [4.69, 9.17) is 9.16 Å². The van der Waals surface area contributed by atoms with Gasteiger partial charge in [0, 0.05) is 25.0 Å². The van der Waals surface area contributed by atoms with Crippen LogP contribution in [-0.4, -0.2) is 49.8 Å². The predicted octanol–water partition coefficient (Wildman–Crippen LogP) is 7.37. The quantitative estimate of drug-likeness (QED) is 0.138. The van der Waals surface area contributed by atoms with Crippen LogP contribution in [-0.2, 0) is 31.5 Å². The van der Waals surface area contributed by atoms with Crippen LogP contribution in [0.1, 0.15) is 37.5 Å².